The lowest BCUT2D eigenvalue weighted by molar-refractivity contribution is -0.137. The third-order valence-electron chi connectivity index (χ3n) is 1.52. The van der Waals surface area contributed by atoms with Gasteiger partial charge in [-0.15, -0.1) is 0 Å². The van der Waals surface area contributed by atoms with Crippen LogP contribution in [-0.2, 0) is 9.53 Å². The fourth-order valence-corrected chi connectivity index (χ4v) is 0.799. The Balaban J connectivity index is 3.61. The van der Waals surface area contributed by atoms with Gasteiger partial charge in [-0.1, -0.05) is 12.7 Å². The Kier molecular flexibility index (Phi) is 6.19. The monoisotopic (exact) mass is 201 g/mol. The molecule has 0 saturated heterocycles. The zero-order valence-corrected chi connectivity index (χ0v) is 8.23. The molecule has 0 aliphatic rings. The summed E-state index contributed by atoms with van der Waals surface area (Å²) in [4.78, 5) is 22.6. The molecule has 0 radical (unpaired) electrons. The second-order valence-electron chi connectivity index (χ2n) is 2.78. The molecule has 0 aromatic carbocycles. The highest BCUT2D eigenvalue weighted by atomic mass is 16.6. The Morgan fingerprint density at radius 1 is 1.57 bits per heavy atom. The molecule has 1 amide bonds. The SMILES string of the molecule is C=CCOC(=O)N(C)CCCC(=O)O. The number of carboxylic acids is 1. The Morgan fingerprint density at radius 3 is 2.71 bits per heavy atom. The predicted octanol–water partition coefficient (Wildman–Crippen LogP) is 1.11. The molecule has 0 fully saturated rings. The average molecular weight is 201 g/mol. The summed E-state index contributed by atoms with van der Waals surface area (Å²) in [6, 6.07) is 0. The normalized spacial score (nSPS) is 9.21. The van der Waals surface area contributed by atoms with E-state index in [0.717, 1.165) is 0 Å². The Bertz CT molecular complexity index is 215. The topological polar surface area (TPSA) is 66.8 Å². The van der Waals surface area contributed by atoms with Crippen molar-refractivity contribution < 1.29 is 19.4 Å². The molecule has 14 heavy (non-hydrogen) atoms. The minimum atomic E-state index is -0.863. The maximum Gasteiger partial charge on any atom is 0.409 e. The van der Waals surface area contributed by atoms with Gasteiger partial charge in [0.25, 0.3) is 0 Å². The van der Waals surface area contributed by atoms with E-state index in [2.05, 4.69) is 6.58 Å². The highest BCUT2D eigenvalue weighted by Gasteiger charge is 2.08. The largest absolute Gasteiger partial charge is 0.481 e. The number of carbonyl (C=O) groups excluding carboxylic acids is 1. The summed E-state index contributed by atoms with van der Waals surface area (Å²) in [6.07, 6.45) is 1.49. The first-order valence-corrected chi connectivity index (χ1v) is 4.28. The van der Waals surface area contributed by atoms with Gasteiger partial charge >= 0.3 is 12.1 Å². The van der Waals surface area contributed by atoms with Gasteiger partial charge < -0.3 is 14.7 Å². The van der Waals surface area contributed by atoms with Crippen molar-refractivity contribution >= 4 is 12.1 Å². The lowest BCUT2D eigenvalue weighted by Gasteiger charge is -2.15. The number of carbonyl (C=O) groups is 2. The first-order chi connectivity index (χ1) is 6.57. The summed E-state index contributed by atoms with van der Waals surface area (Å²) in [6.45, 7) is 3.95. The van der Waals surface area contributed by atoms with Gasteiger partial charge in [-0.2, -0.15) is 0 Å². The maximum atomic E-state index is 11.1. The Hall–Kier alpha value is -1.52. The Morgan fingerprint density at radius 2 is 2.21 bits per heavy atom. The highest BCUT2D eigenvalue weighted by Crippen LogP contribution is 1.96. The maximum absolute atomic E-state index is 11.1. The van der Waals surface area contributed by atoms with Crippen LogP contribution >= 0.6 is 0 Å². The highest BCUT2D eigenvalue weighted by molar-refractivity contribution is 5.68. The third-order valence-corrected chi connectivity index (χ3v) is 1.52. The quantitative estimate of drug-likeness (QED) is 0.653. The van der Waals surface area contributed by atoms with Crippen LogP contribution in [0.1, 0.15) is 12.8 Å². The molecule has 0 atom stereocenters. The number of amides is 1. The minimum absolute atomic E-state index is 0.0546. The summed E-state index contributed by atoms with van der Waals surface area (Å²) in [5.74, 6) is -0.863. The number of hydrogen-bond acceptors (Lipinski definition) is 3. The number of ether oxygens (including phenoxy) is 1. The van der Waals surface area contributed by atoms with Gasteiger partial charge in [-0.25, -0.2) is 4.79 Å². The zero-order chi connectivity index (χ0) is 11.0. The van der Waals surface area contributed by atoms with E-state index in [1.165, 1.54) is 11.0 Å². The summed E-state index contributed by atoms with van der Waals surface area (Å²) >= 11 is 0. The van der Waals surface area contributed by atoms with Crippen LogP contribution in [0.25, 0.3) is 0 Å². The van der Waals surface area contributed by atoms with Crippen LogP contribution in [0.2, 0.25) is 0 Å². The summed E-state index contributed by atoms with van der Waals surface area (Å²) in [7, 11) is 1.56. The van der Waals surface area contributed by atoms with Crippen LogP contribution < -0.4 is 0 Å². The van der Waals surface area contributed by atoms with E-state index >= 15 is 0 Å². The van der Waals surface area contributed by atoms with E-state index < -0.39 is 12.1 Å². The molecule has 0 saturated carbocycles. The van der Waals surface area contributed by atoms with Crippen LogP contribution in [0, 0.1) is 0 Å². The van der Waals surface area contributed by atoms with Crippen LogP contribution in [0.4, 0.5) is 4.79 Å². The molecule has 0 heterocycles. The minimum Gasteiger partial charge on any atom is -0.481 e. The van der Waals surface area contributed by atoms with Crippen LogP contribution in [0.5, 0.6) is 0 Å². The second kappa shape index (κ2) is 6.94. The van der Waals surface area contributed by atoms with Gasteiger partial charge in [0.15, 0.2) is 0 Å². The van der Waals surface area contributed by atoms with Gasteiger partial charge in [-0.05, 0) is 6.42 Å². The number of carboxylic acid groups (broad SMARTS) is 1. The van der Waals surface area contributed by atoms with Crippen molar-refractivity contribution in [2.45, 2.75) is 12.8 Å². The van der Waals surface area contributed by atoms with E-state index in [4.69, 9.17) is 9.84 Å². The number of aliphatic carboxylic acids is 1. The molecule has 0 rings (SSSR count). The summed E-state index contributed by atoms with van der Waals surface area (Å²) < 4.78 is 4.73. The predicted molar refractivity (Wildman–Crippen MR) is 51.0 cm³/mol. The average Bonchev–Trinajstić information content (AvgIpc) is 2.13. The van der Waals surface area contributed by atoms with Crippen molar-refractivity contribution in [2.75, 3.05) is 20.2 Å². The summed E-state index contributed by atoms with van der Waals surface area (Å²) in [5.41, 5.74) is 0. The standard InChI is InChI=1S/C9H15NO4/c1-3-7-14-9(13)10(2)6-4-5-8(11)12/h3H,1,4-7H2,2H3,(H,11,12). The van der Waals surface area contributed by atoms with Crippen molar-refractivity contribution in [1.82, 2.24) is 4.90 Å². The smallest absolute Gasteiger partial charge is 0.409 e. The van der Waals surface area contributed by atoms with E-state index in [1.54, 1.807) is 7.05 Å². The molecule has 5 nitrogen and oxygen atoms in total. The zero-order valence-electron chi connectivity index (χ0n) is 8.23. The molecule has 1 N–H and O–H groups in total. The lowest BCUT2D eigenvalue weighted by atomic mass is 10.3. The van der Waals surface area contributed by atoms with Crippen molar-refractivity contribution in [3.05, 3.63) is 12.7 Å². The van der Waals surface area contributed by atoms with Crippen molar-refractivity contribution in [3.63, 3.8) is 0 Å². The van der Waals surface area contributed by atoms with Gasteiger partial charge in [0, 0.05) is 20.0 Å². The molecule has 5 heteroatoms. The number of nitrogens with zero attached hydrogens (tertiary/aromatic N) is 1. The first-order valence-electron chi connectivity index (χ1n) is 4.28. The molecule has 0 spiro atoms. The van der Waals surface area contributed by atoms with Crippen LogP contribution in [0.3, 0.4) is 0 Å². The van der Waals surface area contributed by atoms with Crippen molar-refractivity contribution in [2.24, 2.45) is 0 Å². The van der Waals surface area contributed by atoms with Gasteiger partial charge in [0.05, 0.1) is 0 Å². The molecule has 0 bridgehead atoms. The molecule has 0 aromatic heterocycles. The number of hydrogen-bond donors (Lipinski definition) is 1. The fourth-order valence-electron chi connectivity index (χ4n) is 0.799. The molecule has 0 aliphatic heterocycles. The second-order valence-corrected chi connectivity index (χ2v) is 2.78. The van der Waals surface area contributed by atoms with Crippen molar-refractivity contribution in [1.29, 1.82) is 0 Å². The fraction of sp³-hybridized carbons (Fsp3) is 0.556. The Labute approximate surface area is 83.0 Å². The van der Waals surface area contributed by atoms with E-state index in [9.17, 15) is 9.59 Å². The van der Waals surface area contributed by atoms with Crippen molar-refractivity contribution in [3.8, 4) is 0 Å². The van der Waals surface area contributed by atoms with Crippen LogP contribution in [-0.4, -0.2) is 42.3 Å². The molecule has 0 unspecified atom stereocenters. The molecule has 0 aromatic rings. The molecule has 80 valence electrons. The van der Waals surface area contributed by atoms with E-state index in [1.807, 2.05) is 0 Å². The summed E-state index contributed by atoms with van der Waals surface area (Å²) in [5, 5.41) is 8.36. The van der Waals surface area contributed by atoms with Gasteiger partial charge in [-0.3, -0.25) is 4.79 Å². The van der Waals surface area contributed by atoms with Crippen LogP contribution in [0.15, 0.2) is 12.7 Å². The molecular formula is C9H15NO4. The lowest BCUT2D eigenvalue weighted by Crippen LogP contribution is -2.28. The van der Waals surface area contributed by atoms with E-state index in [-0.39, 0.29) is 13.0 Å². The van der Waals surface area contributed by atoms with Gasteiger partial charge in [0.2, 0.25) is 0 Å². The molecular weight excluding hydrogens is 186 g/mol. The van der Waals surface area contributed by atoms with E-state index in [0.29, 0.717) is 13.0 Å². The third kappa shape index (κ3) is 6.05. The number of rotatable bonds is 6. The first kappa shape index (κ1) is 12.5. The van der Waals surface area contributed by atoms with Gasteiger partial charge in [0.1, 0.15) is 6.61 Å². The molecule has 0 aliphatic carbocycles.